The molecule has 0 aliphatic carbocycles. The third kappa shape index (κ3) is 6.04. The van der Waals surface area contributed by atoms with E-state index < -0.39 is 11.7 Å². The molecule has 3 aromatic rings. The van der Waals surface area contributed by atoms with Gasteiger partial charge in [-0.3, -0.25) is 4.79 Å². The van der Waals surface area contributed by atoms with Crippen molar-refractivity contribution in [1.29, 1.82) is 0 Å². The number of aldehydes is 2. The summed E-state index contributed by atoms with van der Waals surface area (Å²) in [5, 5.41) is 3.73. The molecule has 0 aromatic heterocycles. The average molecular weight is 520 g/mol. The van der Waals surface area contributed by atoms with E-state index >= 15 is 0 Å². The number of hydrogen-bond donors (Lipinski definition) is 1. The van der Waals surface area contributed by atoms with Crippen LogP contribution in [0.4, 0.5) is 5.69 Å². The van der Waals surface area contributed by atoms with E-state index in [1.165, 1.54) is 0 Å². The molecule has 4 rings (SSSR count). The molecule has 0 unspecified atom stereocenters. The summed E-state index contributed by atoms with van der Waals surface area (Å²) in [7, 11) is 1.62. The van der Waals surface area contributed by atoms with Crippen molar-refractivity contribution in [2.24, 2.45) is 0 Å². The Balaban J connectivity index is 1.87. The van der Waals surface area contributed by atoms with Gasteiger partial charge in [-0.05, 0) is 79.4 Å². The molecule has 6 nitrogen and oxygen atoms in total. The number of rotatable bonds is 8. The van der Waals surface area contributed by atoms with Crippen molar-refractivity contribution >= 4 is 35.4 Å². The quantitative estimate of drug-likeness (QED) is 0.345. The Morgan fingerprint density at radius 2 is 1.73 bits per heavy atom. The maximum Gasteiger partial charge on any atom is 0.152 e. The summed E-state index contributed by atoms with van der Waals surface area (Å²) >= 11 is 6.87. The first-order valence-electron chi connectivity index (χ1n) is 12.0. The molecule has 7 heteroatoms. The summed E-state index contributed by atoms with van der Waals surface area (Å²) in [5.74, 6) is 1.40. The van der Waals surface area contributed by atoms with Gasteiger partial charge >= 0.3 is 0 Å². The lowest BCUT2D eigenvalue weighted by molar-refractivity contribution is -0.122. The minimum Gasteiger partial charge on any atom is -0.497 e. The summed E-state index contributed by atoms with van der Waals surface area (Å²) < 4.78 is 17.0. The third-order valence-electron chi connectivity index (χ3n) is 5.90. The maximum absolute atomic E-state index is 12.3. The predicted molar refractivity (Wildman–Crippen MR) is 147 cm³/mol. The van der Waals surface area contributed by atoms with Gasteiger partial charge in [0.1, 0.15) is 24.2 Å². The number of carbonyl (C=O) groups excluding carboxylic acids is 2. The highest BCUT2D eigenvalue weighted by molar-refractivity contribution is 6.35. The van der Waals surface area contributed by atoms with Crippen molar-refractivity contribution in [2.45, 2.75) is 32.5 Å². The zero-order valence-electron chi connectivity index (χ0n) is 21.3. The van der Waals surface area contributed by atoms with Gasteiger partial charge in [0, 0.05) is 17.7 Å². The van der Waals surface area contributed by atoms with E-state index in [9.17, 15) is 9.59 Å². The van der Waals surface area contributed by atoms with Crippen molar-refractivity contribution in [2.75, 3.05) is 25.6 Å². The SMILES string of the molecule is COc1ccc(-c2ccc(/C(=C/[C@H](C=O)OC(C)(C)C)c3ccc4c(c3Cl)NCCO4)c(C=O)c2)cc1. The molecular weight excluding hydrogens is 490 g/mol. The highest BCUT2D eigenvalue weighted by Gasteiger charge is 2.23. The molecule has 0 saturated carbocycles. The van der Waals surface area contributed by atoms with Crippen molar-refractivity contribution in [3.63, 3.8) is 0 Å². The number of hydrogen-bond acceptors (Lipinski definition) is 6. The maximum atomic E-state index is 12.3. The first-order chi connectivity index (χ1) is 17.7. The van der Waals surface area contributed by atoms with E-state index in [1.807, 2.05) is 75.4 Å². The topological polar surface area (TPSA) is 73.9 Å². The molecule has 3 aromatic carbocycles. The summed E-state index contributed by atoms with van der Waals surface area (Å²) in [5.41, 5.74) is 4.29. The Morgan fingerprint density at radius 3 is 2.38 bits per heavy atom. The molecule has 1 N–H and O–H groups in total. The van der Waals surface area contributed by atoms with Crippen LogP contribution >= 0.6 is 11.6 Å². The van der Waals surface area contributed by atoms with Crippen molar-refractivity contribution in [3.05, 3.63) is 82.4 Å². The van der Waals surface area contributed by atoms with Gasteiger partial charge in [-0.25, -0.2) is 0 Å². The molecule has 0 saturated heterocycles. The number of halogens is 1. The van der Waals surface area contributed by atoms with Gasteiger partial charge in [0.15, 0.2) is 12.6 Å². The molecule has 37 heavy (non-hydrogen) atoms. The Hall–Kier alpha value is -3.61. The zero-order valence-corrected chi connectivity index (χ0v) is 22.1. The van der Waals surface area contributed by atoms with E-state index in [-0.39, 0.29) is 0 Å². The number of carbonyl (C=O) groups is 2. The lowest BCUT2D eigenvalue weighted by Gasteiger charge is -2.25. The van der Waals surface area contributed by atoms with Crippen LogP contribution in [0.25, 0.3) is 16.7 Å². The van der Waals surface area contributed by atoms with Crippen molar-refractivity contribution in [3.8, 4) is 22.6 Å². The molecule has 1 heterocycles. The fourth-order valence-electron chi connectivity index (χ4n) is 4.26. The fraction of sp³-hybridized carbons (Fsp3) is 0.267. The molecule has 0 bridgehead atoms. The van der Waals surface area contributed by atoms with Crippen LogP contribution in [-0.2, 0) is 9.53 Å². The number of ether oxygens (including phenoxy) is 3. The first kappa shape index (κ1) is 26.5. The van der Waals surface area contributed by atoms with E-state index in [2.05, 4.69) is 5.32 Å². The minimum absolute atomic E-state index is 0.444. The van der Waals surface area contributed by atoms with Crippen LogP contribution in [0.2, 0.25) is 5.02 Å². The molecule has 0 fully saturated rings. The fourth-order valence-corrected chi connectivity index (χ4v) is 4.58. The molecule has 1 aliphatic heterocycles. The van der Waals surface area contributed by atoms with Crippen LogP contribution in [0.15, 0.2) is 60.7 Å². The van der Waals surface area contributed by atoms with E-state index in [1.54, 1.807) is 13.2 Å². The van der Waals surface area contributed by atoms with Gasteiger partial charge in [0.2, 0.25) is 0 Å². The smallest absolute Gasteiger partial charge is 0.152 e. The number of methoxy groups -OCH3 is 1. The average Bonchev–Trinajstić information content (AvgIpc) is 2.91. The lowest BCUT2D eigenvalue weighted by Crippen LogP contribution is -2.27. The standard InChI is InChI=1S/C30H30ClNO5/c1-30(2,3)37-23(18-34)16-26(25-11-12-27-29(28(25)31)32-13-14-36-27)24-10-7-20(15-21(24)17-33)19-5-8-22(35-4)9-6-19/h5-12,15-18,23,32H,13-14H2,1-4H3/b26-16-/t23-/m1/s1. The number of anilines is 1. The summed E-state index contributed by atoms with van der Waals surface area (Å²) in [6.45, 7) is 6.80. The van der Waals surface area contributed by atoms with E-state index in [0.717, 1.165) is 29.4 Å². The van der Waals surface area contributed by atoms with Crippen LogP contribution in [0.5, 0.6) is 11.5 Å². The van der Waals surface area contributed by atoms with Gasteiger partial charge in [0.25, 0.3) is 0 Å². The molecule has 1 aliphatic rings. The Morgan fingerprint density at radius 1 is 1.03 bits per heavy atom. The summed E-state index contributed by atoms with van der Waals surface area (Å²) in [6.07, 6.45) is 2.41. The van der Waals surface area contributed by atoms with Gasteiger partial charge in [-0.2, -0.15) is 0 Å². The molecule has 0 radical (unpaired) electrons. The number of fused-ring (bicyclic) bond motifs is 1. The third-order valence-corrected chi connectivity index (χ3v) is 6.29. The van der Waals surface area contributed by atoms with Crippen LogP contribution in [0.1, 0.15) is 42.3 Å². The van der Waals surface area contributed by atoms with Crippen molar-refractivity contribution in [1.82, 2.24) is 0 Å². The Kier molecular flexibility index (Phi) is 8.00. The normalized spacial score (nSPS) is 14.1. The highest BCUT2D eigenvalue weighted by Crippen LogP contribution is 2.42. The van der Waals surface area contributed by atoms with Gasteiger partial charge in [-0.1, -0.05) is 35.9 Å². The molecule has 0 spiro atoms. The van der Waals surface area contributed by atoms with Gasteiger partial charge in [0.05, 0.1) is 23.4 Å². The number of nitrogens with one attached hydrogen (secondary N) is 1. The van der Waals surface area contributed by atoms with Crippen LogP contribution in [0, 0.1) is 0 Å². The van der Waals surface area contributed by atoms with Gasteiger partial charge < -0.3 is 24.3 Å². The second kappa shape index (κ2) is 11.2. The van der Waals surface area contributed by atoms with E-state index in [4.69, 9.17) is 25.8 Å². The Labute approximate surface area is 222 Å². The Bertz CT molecular complexity index is 1330. The zero-order chi connectivity index (χ0) is 26.6. The lowest BCUT2D eigenvalue weighted by atomic mass is 9.90. The molecule has 0 amide bonds. The minimum atomic E-state index is -0.855. The molecule has 192 valence electrons. The first-order valence-corrected chi connectivity index (χ1v) is 12.4. The second-order valence-electron chi connectivity index (χ2n) is 9.64. The monoisotopic (exact) mass is 519 g/mol. The highest BCUT2D eigenvalue weighted by atomic mass is 35.5. The largest absolute Gasteiger partial charge is 0.497 e. The molecular formula is C30H30ClNO5. The predicted octanol–water partition coefficient (Wildman–Crippen LogP) is 6.45. The summed E-state index contributed by atoms with van der Waals surface area (Å²) in [4.78, 5) is 24.4. The van der Waals surface area contributed by atoms with Crippen LogP contribution in [-0.4, -0.2) is 44.5 Å². The second-order valence-corrected chi connectivity index (χ2v) is 10.0. The van der Waals surface area contributed by atoms with Crippen molar-refractivity contribution < 1.29 is 23.8 Å². The van der Waals surface area contributed by atoms with Gasteiger partial charge in [-0.15, -0.1) is 0 Å². The van der Waals surface area contributed by atoms with E-state index in [0.29, 0.717) is 51.9 Å². The van der Waals surface area contributed by atoms with Crippen LogP contribution < -0.4 is 14.8 Å². The van der Waals surface area contributed by atoms with Crippen LogP contribution in [0.3, 0.4) is 0 Å². The molecule has 1 atom stereocenters. The number of benzene rings is 3. The summed E-state index contributed by atoms with van der Waals surface area (Å²) in [6, 6.07) is 16.9.